The number of aliphatic hydroxyl groups excluding tert-OH is 2. The minimum Gasteiger partial charge on any atom is -0.506 e. The molecule has 0 aromatic heterocycles. The van der Waals surface area contributed by atoms with E-state index in [2.05, 4.69) is 0 Å². The molecular formula is C12H10F8O4. The average Bonchev–Trinajstić information content (AvgIpc) is 2.35. The summed E-state index contributed by atoms with van der Waals surface area (Å²) < 4.78 is 107. The number of aliphatic hydroxyl groups is 2. The molecule has 12 heteroatoms. The first kappa shape index (κ1) is 21.9. The van der Waals surface area contributed by atoms with E-state index in [9.17, 15) is 44.7 Å². The van der Waals surface area contributed by atoms with Crippen LogP contribution in [-0.4, -0.2) is 45.5 Å². The Hall–Kier alpha value is -2.14. The Labute approximate surface area is 129 Å². The number of hydrogen-bond acceptors (Lipinski definition) is 4. The average molecular weight is 370 g/mol. The van der Waals surface area contributed by atoms with Crippen LogP contribution in [0.2, 0.25) is 0 Å². The van der Waals surface area contributed by atoms with Gasteiger partial charge in [0.2, 0.25) is 0 Å². The molecule has 0 amide bonds. The van der Waals surface area contributed by atoms with E-state index in [1.165, 1.54) is 0 Å². The molecule has 4 nitrogen and oxygen atoms in total. The summed E-state index contributed by atoms with van der Waals surface area (Å²) in [4.78, 5) is 20.9. The third-order valence-corrected chi connectivity index (χ3v) is 2.51. The lowest BCUT2D eigenvalue weighted by Gasteiger charge is -2.35. The minimum atomic E-state index is -6.95. The summed E-state index contributed by atoms with van der Waals surface area (Å²) >= 11 is 0. The van der Waals surface area contributed by atoms with Crippen molar-refractivity contribution in [2.24, 2.45) is 0 Å². The van der Waals surface area contributed by atoms with Gasteiger partial charge in [0.15, 0.2) is 23.1 Å². The van der Waals surface area contributed by atoms with Crippen molar-refractivity contribution in [3.63, 3.8) is 0 Å². The standard InChI is InChI=1S/C12H10F8O4/c1-5(21)3-7(23)9(13,14)11(17,18)12(19,20)10(15,16)8(24)4-6(2)22/h3-4,23-24H,1-2H3/b7-3-,8-4-. The van der Waals surface area contributed by atoms with Crippen LogP contribution in [-0.2, 0) is 9.59 Å². The number of carbonyl (C=O) groups excluding carboxylic acids is 2. The predicted molar refractivity (Wildman–Crippen MR) is 62.6 cm³/mol. The Kier molecular flexibility index (Phi) is 5.83. The summed E-state index contributed by atoms with van der Waals surface area (Å²) in [7, 11) is 0. The first-order chi connectivity index (χ1) is 10.4. The van der Waals surface area contributed by atoms with Crippen molar-refractivity contribution in [3.05, 3.63) is 23.7 Å². The van der Waals surface area contributed by atoms with Gasteiger partial charge in [0.1, 0.15) is 0 Å². The van der Waals surface area contributed by atoms with Gasteiger partial charge in [-0.3, -0.25) is 9.59 Å². The Morgan fingerprint density at radius 3 is 1.04 bits per heavy atom. The third-order valence-electron chi connectivity index (χ3n) is 2.51. The molecule has 0 atom stereocenters. The maximum Gasteiger partial charge on any atom is 0.386 e. The molecule has 138 valence electrons. The molecule has 24 heavy (non-hydrogen) atoms. The highest BCUT2D eigenvalue weighted by Gasteiger charge is 2.82. The van der Waals surface area contributed by atoms with Crippen molar-refractivity contribution in [1.29, 1.82) is 0 Å². The molecule has 2 N–H and O–H groups in total. The van der Waals surface area contributed by atoms with E-state index < -0.39 is 58.9 Å². The van der Waals surface area contributed by atoms with Crippen LogP contribution in [0.25, 0.3) is 0 Å². The van der Waals surface area contributed by atoms with Gasteiger partial charge in [0.05, 0.1) is 0 Å². The van der Waals surface area contributed by atoms with Crippen molar-refractivity contribution < 1.29 is 54.9 Å². The van der Waals surface area contributed by atoms with Crippen LogP contribution in [0, 0.1) is 0 Å². The quantitative estimate of drug-likeness (QED) is 0.408. The van der Waals surface area contributed by atoms with Gasteiger partial charge in [0, 0.05) is 12.2 Å². The van der Waals surface area contributed by atoms with E-state index in [1.54, 1.807) is 0 Å². The molecule has 0 unspecified atom stereocenters. The fourth-order valence-corrected chi connectivity index (χ4v) is 1.28. The van der Waals surface area contributed by atoms with E-state index in [1.807, 2.05) is 0 Å². The van der Waals surface area contributed by atoms with Gasteiger partial charge in [0.25, 0.3) is 0 Å². The predicted octanol–water partition coefficient (Wildman–Crippen LogP) is 3.59. The molecule has 0 rings (SSSR count). The summed E-state index contributed by atoms with van der Waals surface area (Å²) in [5, 5.41) is 17.4. The molecule has 0 fully saturated rings. The molecule has 0 heterocycles. The number of carbonyl (C=O) groups is 2. The zero-order chi connectivity index (χ0) is 19.7. The molecule has 0 bridgehead atoms. The number of alkyl halides is 8. The van der Waals surface area contributed by atoms with E-state index in [-0.39, 0.29) is 0 Å². The molecule has 0 saturated carbocycles. The van der Waals surface area contributed by atoms with Crippen LogP contribution < -0.4 is 0 Å². The molecule has 0 spiro atoms. The van der Waals surface area contributed by atoms with Crippen LogP contribution in [0.4, 0.5) is 35.1 Å². The lowest BCUT2D eigenvalue weighted by molar-refractivity contribution is -0.357. The van der Waals surface area contributed by atoms with E-state index in [0.29, 0.717) is 13.8 Å². The van der Waals surface area contributed by atoms with Gasteiger partial charge in [-0.15, -0.1) is 0 Å². The van der Waals surface area contributed by atoms with Crippen molar-refractivity contribution in [2.45, 2.75) is 37.5 Å². The van der Waals surface area contributed by atoms with E-state index >= 15 is 0 Å². The number of rotatable bonds is 7. The highest BCUT2D eigenvalue weighted by Crippen LogP contribution is 2.55. The molecule has 0 aromatic carbocycles. The lowest BCUT2D eigenvalue weighted by atomic mass is 9.95. The van der Waals surface area contributed by atoms with E-state index in [0.717, 1.165) is 0 Å². The Morgan fingerprint density at radius 2 is 0.875 bits per heavy atom. The van der Waals surface area contributed by atoms with Crippen LogP contribution in [0.3, 0.4) is 0 Å². The maximum absolute atomic E-state index is 13.4. The van der Waals surface area contributed by atoms with Crippen LogP contribution in [0.1, 0.15) is 13.8 Å². The van der Waals surface area contributed by atoms with Crippen LogP contribution >= 0.6 is 0 Å². The highest BCUT2D eigenvalue weighted by atomic mass is 19.4. The van der Waals surface area contributed by atoms with Gasteiger partial charge in [-0.05, 0) is 13.8 Å². The van der Waals surface area contributed by atoms with Crippen molar-refractivity contribution in [1.82, 2.24) is 0 Å². The SMILES string of the molecule is CC(=O)/C=C(\O)C(F)(F)C(F)(F)C(F)(F)C(F)(F)/C(O)=C/C(C)=O. The molecular weight excluding hydrogens is 360 g/mol. The smallest absolute Gasteiger partial charge is 0.386 e. The fraction of sp³-hybridized carbons (Fsp3) is 0.500. The Morgan fingerprint density at radius 1 is 0.667 bits per heavy atom. The lowest BCUT2D eigenvalue weighted by Crippen LogP contribution is -2.63. The number of halogens is 8. The zero-order valence-corrected chi connectivity index (χ0v) is 11.9. The van der Waals surface area contributed by atoms with Crippen LogP contribution in [0.5, 0.6) is 0 Å². The first-order valence-electron chi connectivity index (χ1n) is 5.77. The van der Waals surface area contributed by atoms with Gasteiger partial charge in [-0.1, -0.05) is 0 Å². The fourth-order valence-electron chi connectivity index (χ4n) is 1.28. The van der Waals surface area contributed by atoms with Gasteiger partial charge >= 0.3 is 23.7 Å². The molecule has 0 aromatic rings. The number of allylic oxidation sites excluding steroid dienone is 4. The molecule has 0 radical (unpaired) electrons. The summed E-state index contributed by atoms with van der Waals surface area (Å²) in [6.07, 6.45) is -1.12. The normalized spacial score (nSPS) is 15.4. The topological polar surface area (TPSA) is 74.6 Å². The maximum atomic E-state index is 13.4. The third kappa shape index (κ3) is 3.51. The zero-order valence-electron chi connectivity index (χ0n) is 11.9. The first-order valence-corrected chi connectivity index (χ1v) is 5.77. The second-order valence-electron chi connectivity index (χ2n) is 4.58. The van der Waals surface area contributed by atoms with Crippen molar-refractivity contribution in [2.75, 3.05) is 0 Å². The number of hydrogen-bond donors (Lipinski definition) is 2. The minimum absolute atomic E-state index is 0.485. The van der Waals surface area contributed by atoms with Gasteiger partial charge in [-0.25, -0.2) is 0 Å². The summed E-state index contributed by atoms with van der Waals surface area (Å²) in [6.45, 7) is 0.969. The molecule has 0 aliphatic carbocycles. The summed E-state index contributed by atoms with van der Waals surface area (Å²) in [5.74, 6) is -35.2. The summed E-state index contributed by atoms with van der Waals surface area (Å²) in [5.41, 5.74) is 0. The van der Waals surface area contributed by atoms with E-state index in [4.69, 9.17) is 10.2 Å². The summed E-state index contributed by atoms with van der Waals surface area (Å²) in [6, 6.07) is 0. The number of ketones is 2. The molecule has 0 saturated heterocycles. The van der Waals surface area contributed by atoms with Crippen molar-refractivity contribution >= 4 is 11.6 Å². The van der Waals surface area contributed by atoms with Crippen molar-refractivity contribution in [3.8, 4) is 0 Å². The second-order valence-corrected chi connectivity index (χ2v) is 4.58. The Balaban J connectivity index is 6.26. The second kappa shape index (κ2) is 6.40. The van der Waals surface area contributed by atoms with Gasteiger partial charge in [-0.2, -0.15) is 35.1 Å². The highest BCUT2D eigenvalue weighted by molar-refractivity contribution is 5.88. The Bertz CT molecular complexity index is 540. The molecule has 0 aliphatic heterocycles. The largest absolute Gasteiger partial charge is 0.506 e. The molecule has 0 aliphatic rings. The monoisotopic (exact) mass is 370 g/mol. The van der Waals surface area contributed by atoms with Crippen LogP contribution in [0.15, 0.2) is 23.7 Å². The van der Waals surface area contributed by atoms with Gasteiger partial charge < -0.3 is 10.2 Å².